The van der Waals surface area contributed by atoms with Crippen molar-refractivity contribution < 1.29 is 0 Å². The van der Waals surface area contributed by atoms with E-state index in [4.69, 9.17) is 11.6 Å². The number of halogens is 1. The molecule has 0 aliphatic heterocycles. The van der Waals surface area contributed by atoms with Crippen molar-refractivity contribution in [1.82, 2.24) is 0 Å². The van der Waals surface area contributed by atoms with Gasteiger partial charge in [0, 0.05) is 10.4 Å². The van der Waals surface area contributed by atoms with E-state index in [1.807, 2.05) is 12.1 Å². The minimum Gasteiger partial charge on any atom is -0.0843 e. The second kappa shape index (κ2) is 3.86. The van der Waals surface area contributed by atoms with Gasteiger partial charge in [-0.15, -0.1) is 0 Å². The largest absolute Gasteiger partial charge is 0.0843 e. The fourth-order valence-electron chi connectivity index (χ4n) is 1.91. The van der Waals surface area contributed by atoms with Crippen molar-refractivity contribution in [3.63, 3.8) is 0 Å². The van der Waals surface area contributed by atoms with E-state index in [9.17, 15) is 0 Å². The molecule has 0 fully saturated rings. The van der Waals surface area contributed by atoms with E-state index in [0.29, 0.717) is 0 Å². The predicted molar refractivity (Wildman–Crippen MR) is 67.0 cm³/mol. The van der Waals surface area contributed by atoms with Gasteiger partial charge in [0.15, 0.2) is 0 Å². The van der Waals surface area contributed by atoms with Gasteiger partial charge in [-0.05, 0) is 29.7 Å². The second-order valence-corrected chi connectivity index (χ2v) is 5.04. The SMILES string of the molecule is CC1(C)C=CCC(c2ccc(Cl)cc2)=C1. The van der Waals surface area contributed by atoms with Gasteiger partial charge in [-0.25, -0.2) is 0 Å². The first-order chi connectivity index (χ1) is 7.07. The molecule has 0 aromatic heterocycles. The zero-order valence-corrected chi connectivity index (χ0v) is 9.88. The average molecular weight is 219 g/mol. The van der Waals surface area contributed by atoms with Crippen LogP contribution in [0.15, 0.2) is 42.5 Å². The molecule has 15 heavy (non-hydrogen) atoms. The van der Waals surface area contributed by atoms with Gasteiger partial charge in [0.25, 0.3) is 0 Å². The monoisotopic (exact) mass is 218 g/mol. The van der Waals surface area contributed by atoms with Gasteiger partial charge >= 0.3 is 0 Å². The maximum Gasteiger partial charge on any atom is 0.0406 e. The molecule has 78 valence electrons. The molecule has 1 aromatic rings. The molecule has 0 saturated heterocycles. The number of rotatable bonds is 1. The van der Waals surface area contributed by atoms with Gasteiger partial charge in [-0.2, -0.15) is 0 Å². The van der Waals surface area contributed by atoms with E-state index in [1.54, 1.807) is 0 Å². The van der Waals surface area contributed by atoms with E-state index in [-0.39, 0.29) is 5.41 Å². The van der Waals surface area contributed by atoms with Crippen molar-refractivity contribution in [2.45, 2.75) is 20.3 Å². The standard InChI is InChI=1S/C14H15Cl/c1-14(2)9-3-4-12(10-14)11-5-7-13(15)8-6-11/h3,5-10H,4H2,1-2H3. The Balaban J connectivity index is 2.32. The molecule has 1 heteroatoms. The highest BCUT2D eigenvalue weighted by Gasteiger charge is 2.15. The summed E-state index contributed by atoms with van der Waals surface area (Å²) in [5.41, 5.74) is 2.84. The summed E-state index contributed by atoms with van der Waals surface area (Å²) >= 11 is 5.87. The summed E-state index contributed by atoms with van der Waals surface area (Å²) < 4.78 is 0. The fourth-order valence-corrected chi connectivity index (χ4v) is 2.04. The molecule has 1 aliphatic rings. The second-order valence-electron chi connectivity index (χ2n) is 4.60. The molecule has 0 unspecified atom stereocenters. The number of hydrogen-bond acceptors (Lipinski definition) is 0. The van der Waals surface area contributed by atoms with Crippen LogP contribution in [0.4, 0.5) is 0 Å². The first-order valence-electron chi connectivity index (χ1n) is 5.22. The molecule has 0 saturated carbocycles. The van der Waals surface area contributed by atoms with Crippen LogP contribution in [0.25, 0.3) is 5.57 Å². The van der Waals surface area contributed by atoms with Gasteiger partial charge in [0.1, 0.15) is 0 Å². The lowest BCUT2D eigenvalue weighted by Crippen LogP contribution is -2.07. The number of allylic oxidation sites excluding steroid dienone is 4. The molecule has 0 radical (unpaired) electrons. The topological polar surface area (TPSA) is 0 Å². The van der Waals surface area contributed by atoms with Gasteiger partial charge in [-0.3, -0.25) is 0 Å². The summed E-state index contributed by atoms with van der Waals surface area (Å²) in [7, 11) is 0. The molecule has 0 bridgehead atoms. The molecular formula is C14H15Cl. The molecule has 1 aliphatic carbocycles. The van der Waals surface area contributed by atoms with E-state index < -0.39 is 0 Å². The quantitative estimate of drug-likeness (QED) is 0.599. The summed E-state index contributed by atoms with van der Waals surface area (Å²) in [6.07, 6.45) is 7.84. The Bertz CT molecular complexity index is 407. The van der Waals surface area contributed by atoms with Gasteiger partial charge in [0.05, 0.1) is 0 Å². The fraction of sp³-hybridized carbons (Fsp3) is 0.286. The Kier molecular flexibility index (Phi) is 2.70. The molecule has 0 N–H and O–H groups in total. The van der Waals surface area contributed by atoms with Crippen molar-refractivity contribution in [3.8, 4) is 0 Å². The van der Waals surface area contributed by atoms with Crippen LogP contribution in [-0.2, 0) is 0 Å². The third kappa shape index (κ3) is 2.51. The summed E-state index contributed by atoms with van der Waals surface area (Å²) in [6, 6.07) is 8.07. The van der Waals surface area contributed by atoms with Crippen molar-refractivity contribution >= 4 is 17.2 Å². The number of benzene rings is 1. The zero-order valence-electron chi connectivity index (χ0n) is 9.13. The van der Waals surface area contributed by atoms with E-state index in [0.717, 1.165) is 11.4 Å². The Morgan fingerprint density at radius 2 is 1.80 bits per heavy atom. The van der Waals surface area contributed by atoms with Gasteiger partial charge < -0.3 is 0 Å². The maximum atomic E-state index is 5.87. The Labute approximate surface area is 96.3 Å². The van der Waals surface area contributed by atoms with Crippen molar-refractivity contribution in [2.24, 2.45) is 5.41 Å². The van der Waals surface area contributed by atoms with Crippen LogP contribution in [-0.4, -0.2) is 0 Å². The molecule has 0 heterocycles. The average Bonchev–Trinajstić information content (AvgIpc) is 2.17. The molecule has 2 rings (SSSR count). The third-order valence-corrected chi connectivity index (χ3v) is 2.90. The van der Waals surface area contributed by atoms with Crippen LogP contribution in [0.5, 0.6) is 0 Å². The van der Waals surface area contributed by atoms with Crippen molar-refractivity contribution in [1.29, 1.82) is 0 Å². The molecular weight excluding hydrogens is 204 g/mol. The van der Waals surface area contributed by atoms with E-state index in [2.05, 4.69) is 44.2 Å². The van der Waals surface area contributed by atoms with Gasteiger partial charge in [-0.1, -0.05) is 55.8 Å². The van der Waals surface area contributed by atoms with Crippen molar-refractivity contribution in [3.05, 3.63) is 53.1 Å². The Hall–Kier alpha value is -1.01. The normalized spacial score (nSPS) is 18.7. The first kappa shape index (κ1) is 10.5. The maximum absolute atomic E-state index is 5.87. The molecule has 0 amide bonds. The lowest BCUT2D eigenvalue weighted by Gasteiger charge is -2.22. The summed E-state index contributed by atoms with van der Waals surface area (Å²) in [4.78, 5) is 0. The Morgan fingerprint density at radius 3 is 2.40 bits per heavy atom. The molecule has 0 nitrogen and oxygen atoms in total. The smallest absolute Gasteiger partial charge is 0.0406 e. The van der Waals surface area contributed by atoms with Crippen LogP contribution in [0.1, 0.15) is 25.8 Å². The first-order valence-corrected chi connectivity index (χ1v) is 5.60. The molecule has 1 aromatic carbocycles. The van der Waals surface area contributed by atoms with Gasteiger partial charge in [0.2, 0.25) is 0 Å². The lowest BCUT2D eigenvalue weighted by atomic mass is 9.83. The van der Waals surface area contributed by atoms with Crippen LogP contribution < -0.4 is 0 Å². The third-order valence-electron chi connectivity index (χ3n) is 2.65. The minimum atomic E-state index is 0.174. The molecule has 0 spiro atoms. The Morgan fingerprint density at radius 1 is 1.13 bits per heavy atom. The highest BCUT2D eigenvalue weighted by atomic mass is 35.5. The summed E-state index contributed by atoms with van der Waals surface area (Å²) in [5.74, 6) is 0. The number of hydrogen-bond donors (Lipinski definition) is 0. The van der Waals surface area contributed by atoms with E-state index >= 15 is 0 Å². The van der Waals surface area contributed by atoms with Crippen molar-refractivity contribution in [2.75, 3.05) is 0 Å². The predicted octanol–water partition coefficient (Wildman–Crippen LogP) is 4.71. The van der Waals surface area contributed by atoms with Crippen LogP contribution in [0, 0.1) is 5.41 Å². The lowest BCUT2D eigenvalue weighted by molar-refractivity contribution is 0.618. The highest BCUT2D eigenvalue weighted by Crippen LogP contribution is 2.32. The molecule has 0 atom stereocenters. The summed E-state index contributed by atoms with van der Waals surface area (Å²) in [6.45, 7) is 4.44. The highest BCUT2D eigenvalue weighted by molar-refractivity contribution is 6.30. The minimum absolute atomic E-state index is 0.174. The van der Waals surface area contributed by atoms with Crippen LogP contribution >= 0.6 is 11.6 Å². The van der Waals surface area contributed by atoms with Crippen LogP contribution in [0.3, 0.4) is 0 Å². The van der Waals surface area contributed by atoms with E-state index in [1.165, 1.54) is 11.1 Å². The summed E-state index contributed by atoms with van der Waals surface area (Å²) in [5, 5.41) is 0.796. The van der Waals surface area contributed by atoms with Crippen LogP contribution in [0.2, 0.25) is 5.02 Å². The zero-order chi connectivity index (χ0) is 10.9.